The average molecular weight is 613 g/mol. The molecule has 1 unspecified atom stereocenters. The molecule has 2 aromatic carbocycles. The smallest absolute Gasteiger partial charge is 0.225 e. The molecule has 0 radical (unpaired) electrons. The zero-order chi connectivity index (χ0) is 30.2. The van der Waals surface area contributed by atoms with Crippen LogP contribution in [-0.2, 0) is 4.79 Å². The van der Waals surface area contributed by atoms with Gasteiger partial charge >= 0.3 is 0 Å². The Labute approximate surface area is 258 Å². The van der Waals surface area contributed by atoms with Gasteiger partial charge in [0.1, 0.15) is 12.4 Å². The van der Waals surface area contributed by atoms with E-state index in [1.165, 1.54) is 29.7 Å². The molecular weight excluding hydrogens is 583 g/mol. The molecule has 0 spiro atoms. The Morgan fingerprint density at radius 3 is 2.61 bits per heavy atom. The van der Waals surface area contributed by atoms with Crippen LogP contribution in [0.15, 0.2) is 79.5 Å². The van der Waals surface area contributed by atoms with Gasteiger partial charge in [0.15, 0.2) is 12.0 Å². The Kier molecular flexibility index (Phi) is 7.55. The van der Waals surface area contributed by atoms with Crippen LogP contribution in [0.25, 0.3) is 27.9 Å². The van der Waals surface area contributed by atoms with Crippen molar-refractivity contribution >= 4 is 17.5 Å². The quantitative estimate of drug-likeness (QED) is 0.175. The molecule has 3 atom stereocenters. The first-order valence-corrected chi connectivity index (χ1v) is 15.2. The van der Waals surface area contributed by atoms with Crippen molar-refractivity contribution in [3.63, 3.8) is 0 Å². The van der Waals surface area contributed by atoms with E-state index in [0.717, 1.165) is 48.2 Å². The van der Waals surface area contributed by atoms with Gasteiger partial charge < -0.3 is 10.1 Å². The number of carbonyl (C=O) groups excluding carboxylic acids is 1. The molecule has 1 amide bonds. The molecule has 3 aromatic heterocycles. The first-order valence-electron chi connectivity index (χ1n) is 14.8. The molecule has 1 aliphatic heterocycles. The predicted octanol–water partition coefficient (Wildman–Crippen LogP) is 5.25. The number of nitrogens with zero attached hydrogens (tertiary/aromatic N) is 8. The minimum absolute atomic E-state index is 0.0430. The van der Waals surface area contributed by atoms with Crippen molar-refractivity contribution in [1.29, 1.82) is 0 Å². The molecule has 10 nitrogen and oxygen atoms in total. The van der Waals surface area contributed by atoms with Gasteiger partial charge in [0.25, 0.3) is 0 Å². The van der Waals surface area contributed by atoms with Crippen molar-refractivity contribution in [2.24, 2.45) is 11.8 Å². The van der Waals surface area contributed by atoms with Crippen molar-refractivity contribution in [2.75, 3.05) is 13.1 Å². The summed E-state index contributed by atoms with van der Waals surface area (Å²) in [6.07, 6.45) is 11.0. The fourth-order valence-electron chi connectivity index (χ4n) is 6.27. The molecule has 0 N–H and O–H groups in total. The zero-order valence-electron chi connectivity index (χ0n) is 23.8. The molecule has 1 saturated heterocycles. The second kappa shape index (κ2) is 11.8. The highest BCUT2D eigenvalue weighted by molar-refractivity contribution is 6.31. The molecule has 2 aliphatic rings. The van der Waals surface area contributed by atoms with Crippen LogP contribution in [0, 0.1) is 22.9 Å². The molecule has 0 bridgehead atoms. The van der Waals surface area contributed by atoms with Gasteiger partial charge in [-0.2, -0.15) is 14.5 Å². The first-order chi connectivity index (χ1) is 21.5. The van der Waals surface area contributed by atoms with E-state index in [9.17, 15) is 10.0 Å². The topological polar surface area (TPSA) is 109 Å². The monoisotopic (exact) mass is 612 g/mol. The number of hydrogen-bond acceptors (Lipinski definition) is 6. The molecule has 224 valence electrons. The Morgan fingerprint density at radius 2 is 1.86 bits per heavy atom. The highest BCUT2D eigenvalue weighted by Gasteiger charge is 2.47. The van der Waals surface area contributed by atoms with Crippen LogP contribution in [0.1, 0.15) is 43.8 Å². The van der Waals surface area contributed by atoms with Crippen LogP contribution in [0.3, 0.4) is 0 Å². The maximum atomic E-state index is 15.4. The summed E-state index contributed by atoms with van der Waals surface area (Å²) in [5.41, 5.74) is 3.16. The van der Waals surface area contributed by atoms with Crippen LogP contribution in [0.2, 0.25) is 5.02 Å². The van der Waals surface area contributed by atoms with Gasteiger partial charge in [-0.1, -0.05) is 41.9 Å². The third-order valence-electron chi connectivity index (χ3n) is 8.70. The van der Waals surface area contributed by atoms with E-state index < -0.39 is 11.9 Å². The molecule has 7 rings (SSSR count). The highest BCUT2D eigenvalue weighted by Crippen LogP contribution is 2.47. The maximum absolute atomic E-state index is 15.4. The third kappa shape index (κ3) is 5.43. The molecule has 5 aromatic rings. The predicted molar refractivity (Wildman–Crippen MR) is 161 cm³/mol. The average Bonchev–Trinajstić information content (AvgIpc) is 3.39. The van der Waals surface area contributed by atoms with Gasteiger partial charge in [-0.05, 0) is 72.2 Å². The first kappa shape index (κ1) is 28.1. The number of carbonyl (C=O) groups is 1. The van der Waals surface area contributed by atoms with E-state index in [1.807, 2.05) is 41.4 Å². The highest BCUT2D eigenvalue weighted by atomic mass is 35.5. The molecule has 1 aliphatic carbocycles. The molecular formula is C32H30ClFN8O2. The summed E-state index contributed by atoms with van der Waals surface area (Å²) in [5, 5.41) is 29.5. The number of benzene rings is 2. The summed E-state index contributed by atoms with van der Waals surface area (Å²) in [6, 6.07) is 15.9. The number of amides is 1. The van der Waals surface area contributed by atoms with E-state index in [0.29, 0.717) is 23.4 Å². The van der Waals surface area contributed by atoms with Gasteiger partial charge in [-0.25, -0.2) is 4.39 Å². The minimum atomic E-state index is -0.680. The van der Waals surface area contributed by atoms with Gasteiger partial charge in [0.2, 0.25) is 11.6 Å². The van der Waals surface area contributed by atoms with E-state index in [1.54, 1.807) is 29.1 Å². The lowest BCUT2D eigenvalue weighted by molar-refractivity contribution is -0.615. The summed E-state index contributed by atoms with van der Waals surface area (Å²) < 4.78 is 19.3. The summed E-state index contributed by atoms with van der Waals surface area (Å²) in [7, 11) is 0. The second-order valence-electron chi connectivity index (χ2n) is 11.5. The van der Waals surface area contributed by atoms with Gasteiger partial charge in [-0.15, -0.1) is 5.10 Å². The van der Waals surface area contributed by atoms with Crippen molar-refractivity contribution < 1.29 is 13.9 Å². The summed E-state index contributed by atoms with van der Waals surface area (Å²) in [6.45, 7) is 1.64. The molecule has 2 fully saturated rings. The summed E-state index contributed by atoms with van der Waals surface area (Å²) in [5.74, 6) is -0.370. The lowest BCUT2D eigenvalue weighted by Crippen LogP contribution is -2.37. The van der Waals surface area contributed by atoms with E-state index in [-0.39, 0.29) is 28.3 Å². The zero-order valence-corrected chi connectivity index (χ0v) is 24.6. The van der Waals surface area contributed by atoms with Gasteiger partial charge in [0.05, 0.1) is 28.0 Å². The molecule has 1 saturated carbocycles. The summed E-state index contributed by atoms with van der Waals surface area (Å²) in [4.78, 5) is 15.2. The number of pyridine rings is 1. The van der Waals surface area contributed by atoms with Crippen molar-refractivity contribution in [2.45, 2.75) is 38.1 Å². The number of rotatable bonds is 8. The van der Waals surface area contributed by atoms with E-state index in [2.05, 4.69) is 20.6 Å². The Morgan fingerprint density at radius 1 is 1.05 bits per heavy atom. The van der Waals surface area contributed by atoms with Crippen molar-refractivity contribution in [1.82, 2.24) is 34.9 Å². The van der Waals surface area contributed by atoms with E-state index >= 15 is 4.39 Å². The number of piperidine rings is 1. The fraction of sp³-hybridized carbons (Fsp3) is 0.312. The molecule has 4 heterocycles. The fourth-order valence-corrected chi connectivity index (χ4v) is 6.43. The van der Waals surface area contributed by atoms with Gasteiger partial charge in [-0.3, -0.25) is 9.48 Å². The number of hydrogen-bond donors (Lipinski definition) is 0. The lowest BCUT2D eigenvalue weighted by Gasteiger charge is -2.27. The van der Waals surface area contributed by atoms with Crippen LogP contribution in [0.5, 0.6) is 0 Å². The van der Waals surface area contributed by atoms with Crippen LogP contribution in [-0.4, -0.2) is 53.9 Å². The molecule has 44 heavy (non-hydrogen) atoms. The second-order valence-corrected chi connectivity index (χ2v) is 11.9. The standard InChI is InChI=1S/C32H30ClFN8O2/c33-26-10-12-28(41-20-35-37-38-41)30(31(26)34)22-9-11-27(42(44)19-22)29(40-18-24(17-36-40)21-7-3-1-4-8-21)16-23-15-25(23)32(43)39-13-5-2-6-14-39/h1,3-4,7-12,17-20,23,25,29H,2,5-6,13-16H2/t23-,25+,29?/m1/s1. The van der Waals surface area contributed by atoms with E-state index in [4.69, 9.17) is 11.6 Å². The summed E-state index contributed by atoms with van der Waals surface area (Å²) >= 11 is 6.15. The van der Waals surface area contributed by atoms with Crippen LogP contribution >= 0.6 is 11.6 Å². The van der Waals surface area contributed by atoms with Gasteiger partial charge in [0, 0.05) is 36.8 Å². The minimum Gasteiger partial charge on any atom is -0.618 e. The Hall–Kier alpha value is -4.64. The molecule has 12 heteroatoms. The third-order valence-corrected chi connectivity index (χ3v) is 9.00. The van der Waals surface area contributed by atoms with Crippen molar-refractivity contribution in [3.05, 3.63) is 101 Å². The number of likely N-dealkylation sites (tertiary alicyclic amines) is 1. The Bertz CT molecular complexity index is 1790. The number of aromatic nitrogens is 7. The SMILES string of the molecule is O=C([C@H]1C[C@@H]1CC(c1ccc(-c2c(-n3cnnn3)ccc(Cl)c2F)c[n+]1[O-])n1cc(-c2ccccc2)cn1)N1CCCCC1. The maximum Gasteiger partial charge on any atom is 0.225 e. The number of tetrazole rings is 1. The van der Waals surface area contributed by atoms with Crippen LogP contribution < -0.4 is 4.73 Å². The Balaban J connectivity index is 1.23. The lowest BCUT2D eigenvalue weighted by atomic mass is 10.0. The normalized spacial score (nSPS) is 18.7. The largest absolute Gasteiger partial charge is 0.618 e. The number of halogens is 2. The van der Waals surface area contributed by atoms with Crippen molar-refractivity contribution in [3.8, 4) is 27.9 Å². The van der Waals surface area contributed by atoms with Crippen LogP contribution in [0.4, 0.5) is 4.39 Å².